The van der Waals surface area contributed by atoms with E-state index in [1.54, 1.807) is 0 Å². The standard InChI is InChI=1S/C47H31N3.C45H29N5/c1-3-13-34(14-4-1)42-31-41-40-19-9-12-22-45(40)50(47(41)46(48-42)35-15-5-2-6-16-35)37-29-25-33(26-30-37)32-23-27-36(28-24-32)49-43-20-10-7-17-38(43)39-18-8-11-21-44(39)49;1-3-13-31(14-4-1)39-27-38-37-19-9-12-22-42(37)50(44(38)43(48-39)32-15-5-2-6-16-32)45-46-28-33(29-47-45)30-23-25-34(26-24-30)49-40-20-10-7-17-35(40)36-18-8-11-21-41(36)49/h1-31H;1-29H. The van der Waals surface area contributed by atoms with Gasteiger partial charge in [0.2, 0.25) is 5.95 Å². The molecule has 13 aromatic carbocycles. The van der Waals surface area contributed by atoms with Crippen LogP contribution in [-0.2, 0) is 0 Å². The van der Waals surface area contributed by atoms with Crippen LogP contribution >= 0.6 is 0 Å². The van der Waals surface area contributed by atoms with E-state index in [2.05, 4.69) is 358 Å². The normalized spacial score (nSPS) is 11.6. The minimum Gasteiger partial charge on any atom is -0.309 e. The summed E-state index contributed by atoms with van der Waals surface area (Å²) in [4.78, 5) is 20.6. The van der Waals surface area contributed by atoms with Crippen molar-refractivity contribution in [1.29, 1.82) is 0 Å². The fourth-order valence-corrected chi connectivity index (χ4v) is 15.0. The summed E-state index contributed by atoms with van der Waals surface area (Å²) in [6.07, 6.45) is 3.85. The number of benzene rings is 13. The highest BCUT2D eigenvalue weighted by Crippen LogP contribution is 2.43. The lowest BCUT2D eigenvalue weighted by Gasteiger charge is -2.14. The first-order valence-corrected chi connectivity index (χ1v) is 33.8. The van der Waals surface area contributed by atoms with Crippen LogP contribution in [0.3, 0.4) is 0 Å². The predicted molar refractivity (Wildman–Crippen MR) is 414 cm³/mol. The monoisotopic (exact) mass is 1280 g/mol. The third-order valence-corrected chi connectivity index (χ3v) is 19.6. The highest BCUT2D eigenvalue weighted by molar-refractivity contribution is 6.16. The number of hydrogen-bond acceptors (Lipinski definition) is 4. The summed E-state index contributed by atoms with van der Waals surface area (Å²) in [7, 11) is 0. The third kappa shape index (κ3) is 9.84. The Hall–Kier alpha value is -13.6. The van der Waals surface area contributed by atoms with Crippen molar-refractivity contribution in [2.24, 2.45) is 0 Å². The third-order valence-electron chi connectivity index (χ3n) is 19.6. The first kappa shape index (κ1) is 57.9. The number of para-hydroxylation sites is 6. The topological polar surface area (TPSA) is 71.3 Å². The Labute approximate surface area is 576 Å². The molecule has 0 amide bonds. The maximum absolute atomic E-state index is 5.33. The van der Waals surface area contributed by atoms with E-state index in [4.69, 9.17) is 19.9 Å². The van der Waals surface area contributed by atoms with E-state index in [0.29, 0.717) is 5.95 Å². The van der Waals surface area contributed by atoms with E-state index in [-0.39, 0.29) is 0 Å². The zero-order valence-electron chi connectivity index (χ0n) is 54.2. The maximum atomic E-state index is 5.33. The molecule has 0 N–H and O–H groups in total. The second-order valence-corrected chi connectivity index (χ2v) is 25.3. The Bertz CT molecular complexity index is 5950. The molecule has 0 aliphatic rings. The van der Waals surface area contributed by atoms with Crippen LogP contribution in [0.2, 0.25) is 0 Å². The number of hydrogen-bond donors (Lipinski definition) is 0. The zero-order valence-corrected chi connectivity index (χ0v) is 54.2. The van der Waals surface area contributed by atoms with E-state index in [0.717, 1.165) is 106 Å². The van der Waals surface area contributed by atoms with Crippen LogP contribution < -0.4 is 0 Å². The molecule has 0 aliphatic heterocycles. The summed E-state index contributed by atoms with van der Waals surface area (Å²) < 4.78 is 9.23. The van der Waals surface area contributed by atoms with Gasteiger partial charge in [0.25, 0.3) is 0 Å². The van der Waals surface area contributed by atoms with Gasteiger partial charge in [-0.25, -0.2) is 19.9 Å². The second-order valence-electron chi connectivity index (χ2n) is 25.3. The predicted octanol–water partition coefficient (Wildman–Crippen LogP) is 23.3. The molecule has 468 valence electrons. The van der Waals surface area contributed by atoms with Crippen LogP contribution in [0.25, 0.3) is 178 Å². The Morgan fingerprint density at radius 2 is 0.450 bits per heavy atom. The van der Waals surface area contributed by atoms with Gasteiger partial charge >= 0.3 is 0 Å². The Kier molecular flexibility index (Phi) is 14.0. The first-order chi connectivity index (χ1) is 49.6. The van der Waals surface area contributed by atoms with Crippen LogP contribution in [0.1, 0.15) is 0 Å². The van der Waals surface area contributed by atoms with Gasteiger partial charge in [-0.05, 0) is 102 Å². The molecule has 0 bridgehead atoms. The highest BCUT2D eigenvalue weighted by Gasteiger charge is 2.24. The molecule has 0 radical (unpaired) electrons. The molecule has 100 heavy (non-hydrogen) atoms. The van der Waals surface area contributed by atoms with E-state index >= 15 is 0 Å². The van der Waals surface area contributed by atoms with Crippen molar-refractivity contribution < 1.29 is 0 Å². The van der Waals surface area contributed by atoms with Crippen LogP contribution in [0.4, 0.5) is 0 Å². The summed E-state index contributed by atoms with van der Waals surface area (Å²) in [5.74, 6) is 0.605. The summed E-state index contributed by atoms with van der Waals surface area (Å²) in [6.45, 7) is 0. The lowest BCUT2D eigenvalue weighted by atomic mass is 10.0. The van der Waals surface area contributed by atoms with E-state index in [1.165, 1.54) is 65.5 Å². The van der Waals surface area contributed by atoms with Crippen molar-refractivity contribution in [2.75, 3.05) is 0 Å². The summed E-state index contributed by atoms with van der Waals surface area (Å²) in [6, 6.07) is 124. The van der Waals surface area contributed by atoms with Crippen molar-refractivity contribution in [3.8, 4) is 90.3 Å². The van der Waals surface area contributed by atoms with Gasteiger partial charge in [-0.1, -0.05) is 267 Å². The van der Waals surface area contributed by atoms with Gasteiger partial charge in [-0.2, -0.15) is 0 Å². The van der Waals surface area contributed by atoms with E-state index in [1.807, 2.05) is 24.5 Å². The first-order valence-electron chi connectivity index (χ1n) is 33.8. The molecular formula is C92H60N8. The Morgan fingerprint density at radius 1 is 0.190 bits per heavy atom. The molecule has 0 saturated heterocycles. The van der Waals surface area contributed by atoms with E-state index < -0.39 is 0 Å². The van der Waals surface area contributed by atoms with E-state index in [9.17, 15) is 0 Å². The van der Waals surface area contributed by atoms with Crippen molar-refractivity contribution in [2.45, 2.75) is 0 Å². The Morgan fingerprint density at radius 3 is 0.800 bits per heavy atom. The zero-order chi connectivity index (χ0) is 66.0. The van der Waals surface area contributed by atoms with Gasteiger partial charge < -0.3 is 13.7 Å². The smallest absolute Gasteiger partial charge is 0.234 e. The molecule has 8 nitrogen and oxygen atoms in total. The van der Waals surface area contributed by atoms with Crippen molar-refractivity contribution in [3.05, 3.63) is 364 Å². The minimum absolute atomic E-state index is 0.605. The van der Waals surface area contributed by atoms with Crippen LogP contribution in [0.15, 0.2) is 364 Å². The molecule has 0 spiro atoms. The fourth-order valence-electron chi connectivity index (χ4n) is 15.0. The Balaban J connectivity index is 0.000000139. The lowest BCUT2D eigenvalue weighted by Crippen LogP contribution is -2.03. The largest absolute Gasteiger partial charge is 0.309 e. The molecular weight excluding hydrogens is 1220 g/mol. The number of aromatic nitrogens is 8. The van der Waals surface area contributed by atoms with Crippen molar-refractivity contribution in [1.82, 2.24) is 38.2 Å². The SMILES string of the molecule is c1ccc(-c2cc3c4ccccc4n(-c4ccc(-c5ccc(-n6c7ccccc7c7ccccc76)cc5)cc4)c3c(-c3ccccc3)n2)cc1.c1ccc(-c2cc3c4ccccc4n(-c4ncc(-c5ccc(-n6c7ccccc7c7ccccc76)cc5)cn4)c3c(-c3ccccc3)n2)cc1. The van der Waals surface area contributed by atoms with Gasteiger partial charge in [0, 0.05) is 100 Å². The number of pyridine rings is 2. The number of fused-ring (bicyclic) bond motifs is 12. The molecule has 0 fully saturated rings. The molecule has 0 atom stereocenters. The summed E-state index contributed by atoms with van der Waals surface area (Å²) in [5.41, 5.74) is 25.0. The summed E-state index contributed by atoms with van der Waals surface area (Å²) in [5, 5.41) is 9.70. The van der Waals surface area contributed by atoms with Crippen molar-refractivity contribution in [3.63, 3.8) is 0 Å². The quantitative estimate of drug-likeness (QED) is 0.137. The minimum atomic E-state index is 0.605. The van der Waals surface area contributed by atoms with Crippen molar-refractivity contribution >= 4 is 87.2 Å². The van der Waals surface area contributed by atoms with Crippen LogP contribution in [-0.4, -0.2) is 38.2 Å². The second kappa shape index (κ2) is 24.3. The van der Waals surface area contributed by atoms with Gasteiger partial charge in [0.05, 0.1) is 66.9 Å². The maximum Gasteiger partial charge on any atom is 0.234 e. The molecule has 0 saturated carbocycles. The molecule has 7 heterocycles. The molecule has 20 aromatic rings. The van der Waals surface area contributed by atoms with Gasteiger partial charge in [0.1, 0.15) is 0 Å². The fraction of sp³-hybridized carbons (Fsp3) is 0. The lowest BCUT2D eigenvalue weighted by molar-refractivity contribution is 0.988. The van der Waals surface area contributed by atoms with Crippen LogP contribution in [0, 0.1) is 0 Å². The van der Waals surface area contributed by atoms with Crippen LogP contribution in [0.5, 0.6) is 0 Å². The molecule has 0 aliphatic carbocycles. The average Bonchev–Trinajstić information content (AvgIpc) is 1.58. The van der Waals surface area contributed by atoms with Gasteiger partial charge in [-0.3, -0.25) is 4.57 Å². The van der Waals surface area contributed by atoms with Gasteiger partial charge in [0.15, 0.2) is 0 Å². The highest BCUT2D eigenvalue weighted by atomic mass is 15.2. The average molecular weight is 1280 g/mol. The number of nitrogens with zero attached hydrogens (tertiary/aromatic N) is 8. The molecule has 20 rings (SSSR count). The summed E-state index contributed by atoms with van der Waals surface area (Å²) >= 11 is 0. The molecule has 0 unspecified atom stereocenters. The van der Waals surface area contributed by atoms with Gasteiger partial charge in [-0.15, -0.1) is 0 Å². The molecule has 8 heteroatoms. The molecule has 7 aromatic heterocycles. The number of rotatable bonds is 10.